The molecule has 5 heteroatoms. The average molecular weight is 226 g/mol. The van der Waals surface area contributed by atoms with Crippen LogP contribution < -0.4 is 5.56 Å². The van der Waals surface area contributed by atoms with Gasteiger partial charge in [-0.15, -0.1) is 0 Å². The molecule has 0 fully saturated rings. The Morgan fingerprint density at radius 2 is 2.00 bits per heavy atom. The zero-order valence-corrected chi connectivity index (χ0v) is 8.97. The van der Waals surface area contributed by atoms with Crippen LogP contribution in [-0.4, -0.2) is 20.2 Å². The third kappa shape index (κ3) is 1.82. The molecule has 0 unspecified atom stereocenters. The van der Waals surface area contributed by atoms with Crippen molar-refractivity contribution in [3.8, 4) is 0 Å². The molecular formula is C12H10N4O. The second-order valence-electron chi connectivity index (χ2n) is 3.81. The van der Waals surface area contributed by atoms with E-state index in [0.717, 1.165) is 5.56 Å². The molecule has 5 nitrogen and oxygen atoms in total. The van der Waals surface area contributed by atoms with E-state index >= 15 is 0 Å². The maximum absolute atomic E-state index is 11.7. The van der Waals surface area contributed by atoms with Crippen molar-refractivity contribution in [1.29, 1.82) is 0 Å². The van der Waals surface area contributed by atoms with Crippen LogP contribution in [0.5, 0.6) is 0 Å². The summed E-state index contributed by atoms with van der Waals surface area (Å²) >= 11 is 0. The van der Waals surface area contributed by atoms with Crippen LogP contribution in [0.3, 0.4) is 0 Å². The number of H-pyrrole nitrogens is 2. The van der Waals surface area contributed by atoms with Gasteiger partial charge in [0.15, 0.2) is 5.65 Å². The van der Waals surface area contributed by atoms with Crippen molar-refractivity contribution >= 4 is 11.0 Å². The van der Waals surface area contributed by atoms with E-state index in [9.17, 15) is 4.79 Å². The fourth-order valence-electron chi connectivity index (χ4n) is 1.76. The van der Waals surface area contributed by atoms with Gasteiger partial charge < -0.3 is 4.98 Å². The Bertz CT molecular complexity index is 699. The minimum absolute atomic E-state index is 0.158. The number of aromatic amines is 2. The lowest BCUT2D eigenvalue weighted by molar-refractivity contribution is 0.962. The largest absolute Gasteiger partial charge is 0.310 e. The molecule has 1 aromatic carbocycles. The highest BCUT2D eigenvalue weighted by atomic mass is 16.1. The normalized spacial score (nSPS) is 10.8. The fourth-order valence-corrected chi connectivity index (χ4v) is 1.76. The summed E-state index contributed by atoms with van der Waals surface area (Å²) in [6.07, 6.45) is 2.08. The van der Waals surface area contributed by atoms with Gasteiger partial charge in [0.25, 0.3) is 5.56 Å². The smallest absolute Gasteiger partial charge is 0.262 e. The number of rotatable bonds is 2. The molecule has 0 aliphatic carbocycles. The van der Waals surface area contributed by atoms with Gasteiger partial charge in [-0.2, -0.15) is 5.10 Å². The van der Waals surface area contributed by atoms with Gasteiger partial charge in [-0.25, -0.2) is 4.98 Å². The summed E-state index contributed by atoms with van der Waals surface area (Å²) in [6, 6.07) is 9.87. The monoisotopic (exact) mass is 226 g/mol. The maximum Gasteiger partial charge on any atom is 0.262 e. The van der Waals surface area contributed by atoms with E-state index in [1.165, 1.54) is 6.20 Å². The highest BCUT2D eigenvalue weighted by molar-refractivity contribution is 5.72. The number of hydrogen-bond donors (Lipinski definition) is 2. The first-order valence-electron chi connectivity index (χ1n) is 5.29. The van der Waals surface area contributed by atoms with Crippen molar-refractivity contribution in [3.05, 3.63) is 58.3 Å². The second kappa shape index (κ2) is 3.86. The van der Waals surface area contributed by atoms with Crippen LogP contribution in [0.2, 0.25) is 0 Å². The minimum Gasteiger partial charge on any atom is -0.310 e. The van der Waals surface area contributed by atoms with Crippen LogP contribution in [0.15, 0.2) is 41.3 Å². The molecule has 2 N–H and O–H groups in total. The Morgan fingerprint density at radius 3 is 2.82 bits per heavy atom. The Labute approximate surface area is 96.5 Å². The number of hydrogen-bond acceptors (Lipinski definition) is 3. The lowest BCUT2D eigenvalue weighted by atomic mass is 10.1. The molecule has 0 spiro atoms. The van der Waals surface area contributed by atoms with Crippen LogP contribution in [0, 0.1) is 0 Å². The highest BCUT2D eigenvalue weighted by Gasteiger charge is 2.05. The third-order valence-electron chi connectivity index (χ3n) is 2.58. The average Bonchev–Trinajstić information content (AvgIpc) is 2.79. The number of benzene rings is 1. The molecule has 0 saturated carbocycles. The molecule has 0 atom stereocenters. The Morgan fingerprint density at radius 1 is 1.18 bits per heavy atom. The molecule has 0 amide bonds. The lowest BCUT2D eigenvalue weighted by Gasteiger charge is -2.00. The number of nitrogens with zero attached hydrogens (tertiary/aromatic N) is 2. The summed E-state index contributed by atoms with van der Waals surface area (Å²) in [5, 5.41) is 7.00. The molecule has 0 bridgehead atoms. The van der Waals surface area contributed by atoms with Gasteiger partial charge in [0.2, 0.25) is 0 Å². The van der Waals surface area contributed by atoms with Crippen LogP contribution in [0.25, 0.3) is 11.0 Å². The van der Waals surface area contributed by atoms with Crippen molar-refractivity contribution in [2.75, 3.05) is 0 Å². The molecule has 84 valence electrons. The second-order valence-corrected chi connectivity index (χ2v) is 3.81. The van der Waals surface area contributed by atoms with Gasteiger partial charge in [0.1, 0.15) is 11.2 Å². The molecule has 3 rings (SSSR count). The summed E-state index contributed by atoms with van der Waals surface area (Å²) in [5.74, 6) is 0.637. The van der Waals surface area contributed by atoms with Gasteiger partial charge in [-0.3, -0.25) is 9.89 Å². The maximum atomic E-state index is 11.7. The van der Waals surface area contributed by atoms with E-state index in [2.05, 4.69) is 20.2 Å². The lowest BCUT2D eigenvalue weighted by Crippen LogP contribution is -2.11. The van der Waals surface area contributed by atoms with Crippen molar-refractivity contribution in [1.82, 2.24) is 20.2 Å². The Balaban J connectivity index is 2.04. The van der Waals surface area contributed by atoms with Gasteiger partial charge in [0.05, 0.1) is 6.20 Å². The molecule has 0 aliphatic rings. The van der Waals surface area contributed by atoms with Gasteiger partial charge in [0, 0.05) is 6.42 Å². The highest BCUT2D eigenvalue weighted by Crippen LogP contribution is 2.06. The standard InChI is InChI=1S/C12H10N4O/c17-12-9-7-13-16-11(9)14-10(15-12)6-8-4-2-1-3-5-8/h1-5,7H,6H2,(H2,13,14,15,16,17). The SMILES string of the molecule is O=c1[nH]c(Cc2ccccc2)nc2[nH]ncc12. The van der Waals surface area contributed by atoms with E-state index < -0.39 is 0 Å². The molecule has 2 heterocycles. The molecule has 3 aromatic rings. The Kier molecular flexibility index (Phi) is 2.22. The molecule has 2 aromatic heterocycles. The van der Waals surface area contributed by atoms with E-state index in [-0.39, 0.29) is 5.56 Å². The predicted molar refractivity (Wildman–Crippen MR) is 63.8 cm³/mol. The zero-order chi connectivity index (χ0) is 11.7. The fraction of sp³-hybridized carbons (Fsp3) is 0.0833. The number of nitrogens with one attached hydrogen (secondary N) is 2. The van der Waals surface area contributed by atoms with Gasteiger partial charge >= 0.3 is 0 Å². The molecular weight excluding hydrogens is 216 g/mol. The summed E-state index contributed by atoms with van der Waals surface area (Å²) < 4.78 is 0. The van der Waals surface area contributed by atoms with E-state index in [1.807, 2.05) is 30.3 Å². The van der Waals surface area contributed by atoms with Gasteiger partial charge in [-0.05, 0) is 5.56 Å². The van der Waals surface area contributed by atoms with Gasteiger partial charge in [-0.1, -0.05) is 30.3 Å². The van der Waals surface area contributed by atoms with Crippen molar-refractivity contribution in [2.24, 2.45) is 0 Å². The first-order valence-corrected chi connectivity index (χ1v) is 5.29. The topological polar surface area (TPSA) is 74.4 Å². The molecule has 0 saturated heterocycles. The van der Waals surface area contributed by atoms with E-state index in [0.29, 0.717) is 23.3 Å². The number of fused-ring (bicyclic) bond motifs is 1. The molecule has 0 radical (unpaired) electrons. The Hall–Kier alpha value is -2.43. The predicted octanol–water partition coefficient (Wildman–Crippen LogP) is 1.24. The van der Waals surface area contributed by atoms with Crippen molar-refractivity contribution in [2.45, 2.75) is 6.42 Å². The summed E-state index contributed by atoms with van der Waals surface area (Å²) in [6.45, 7) is 0. The number of aromatic nitrogens is 4. The van der Waals surface area contributed by atoms with Crippen molar-refractivity contribution in [3.63, 3.8) is 0 Å². The quantitative estimate of drug-likeness (QED) is 0.690. The summed E-state index contributed by atoms with van der Waals surface area (Å²) in [5.41, 5.74) is 1.48. The van der Waals surface area contributed by atoms with E-state index in [4.69, 9.17) is 0 Å². The van der Waals surface area contributed by atoms with Crippen LogP contribution in [0.4, 0.5) is 0 Å². The molecule has 17 heavy (non-hydrogen) atoms. The summed E-state index contributed by atoms with van der Waals surface area (Å²) in [4.78, 5) is 18.8. The van der Waals surface area contributed by atoms with Crippen LogP contribution in [-0.2, 0) is 6.42 Å². The summed E-state index contributed by atoms with van der Waals surface area (Å²) in [7, 11) is 0. The first kappa shape index (κ1) is 9.77. The zero-order valence-electron chi connectivity index (χ0n) is 8.97. The van der Waals surface area contributed by atoms with Crippen molar-refractivity contribution < 1.29 is 0 Å². The van der Waals surface area contributed by atoms with Crippen LogP contribution >= 0.6 is 0 Å². The first-order chi connectivity index (χ1) is 8.33. The third-order valence-corrected chi connectivity index (χ3v) is 2.58. The van der Waals surface area contributed by atoms with E-state index in [1.54, 1.807) is 0 Å². The minimum atomic E-state index is -0.158. The van der Waals surface area contributed by atoms with Crippen LogP contribution in [0.1, 0.15) is 11.4 Å². The molecule has 0 aliphatic heterocycles.